The summed E-state index contributed by atoms with van der Waals surface area (Å²) < 4.78 is 15.7. The Hall–Kier alpha value is -2.87. The SMILES string of the molecule is COc1ccc(-c2cc(C(=O)Nc3ncc(C)s3)no2)cc1OC. The molecule has 0 spiro atoms. The van der Waals surface area contributed by atoms with Gasteiger partial charge in [-0.1, -0.05) is 5.16 Å². The Morgan fingerprint density at radius 1 is 1.21 bits per heavy atom. The molecule has 24 heavy (non-hydrogen) atoms. The monoisotopic (exact) mass is 345 g/mol. The normalized spacial score (nSPS) is 10.5. The van der Waals surface area contributed by atoms with Crippen LogP contribution in [0.5, 0.6) is 11.5 Å². The third-order valence-corrected chi connectivity index (χ3v) is 4.08. The summed E-state index contributed by atoms with van der Waals surface area (Å²) in [6.07, 6.45) is 1.69. The molecule has 3 rings (SSSR count). The van der Waals surface area contributed by atoms with Gasteiger partial charge in [0.1, 0.15) is 0 Å². The molecule has 0 saturated carbocycles. The average molecular weight is 345 g/mol. The van der Waals surface area contributed by atoms with Gasteiger partial charge in [-0.3, -0.25) is 10.1 Å². The van der Waals surface area contributed by atoms with Crippen molar-refractivity contribution in [3.05, 3.63) is 41.0 Å². The van der Waals surface area contributed by atoms with Gasteiger partial charge in [-0.05, 0) is 25.1 Å². The van der Waals surface area contributed by atoms with Crippen molar-refractivity contribution in [2.24, 2.45) is 0 Å². The molecule has 1 amide bonds. The molecular formula is C16H15N3O4S. The van der Waals surface area contributed by atoms with E-state index in [0.29, 0.717) is 22.4 Å². The molecule has 1 N–H and O–H groups in total. The number of nitrogens with zero attached hydrogens (tertiary/aromatic N) is 2. The van der Waals surface area contributed by atoms with Crippen LogP contribution in [0.15, 0.2) is 35.0 Å². The molecule has 0 atom stereocenters. The Bertz CT molecular complexity index is 872. The number of benzene rings is 1. The molecule has 0 radical (unpaired) electrons. The molecular weight excluding hydrogens is 330 g/mol. The van der Waals surface area contributed by atoms with E-state index < -0.39 is 0 Å². The lowest BCUT2D eigenvalue weighted by Crippen LogP contribution is -2.11. The zero-order valence-electron chi connectivity index (χ0n) is 13.3. The number of hydrogen-bond acceptors (Lipinski definition) is 7. The van der Waals surface area contributed by atoms with E-state index in [1.54, 1.807) is 44.7 Å². The van der Waals surface area contributed by atoms with E-state index >= 15 is 0 Å². The third kappa shape index (κ3) is 3.23. The van der Waals surface area contributed by atoms with E-state index in [9.17, 15) is 4.79 Å². The fourth-order valence-corrected chi connectivity index (χ4v) is 2.74. The number of methoxy groups -OCH3 is 2. The first-order valence-electron chi connectivity index (χ1n) is 7.03. The van der Waals surface area contributed by atoms with Crippen molar-refractivity contribution in [2.45, 2.75) is 6.92 Å². The van der Waals surface area contributed by atoms with Gasteiger partial charge in [0, 0.05) is 22.7 Å². The summed E-state index contributed by atoms with van der Waals surface area (Å²) in [5, 5.41) is 7.02. The Morgan fingerprint density at radius 3 is 2.67 bits per heavy atom. The summed E-state index contributed by atoms with van der Waals surface area (Å²) in [5.74, 6) is 1.25. The summed E-state index contributed by atoms with van der Waals surface area (Å²) in [4.78, 5) is 17.3. The van der Waals surface area contributed by atoms with Crippen LogP contribution in [-0.4, -0.2) is 30.3 Å². The quantitative estimate of drug-likeness (QED) is 0.763. The molecule has 1 aromatic carbocycles. The number of thiazole rings is 1. The number of ether oxygens (including phenoxy) is 2. The minimum atomic E-state index is -0.375. The molecule has 7 nitrogen and oxygen atoms in total. The van der Waals surface area contributed by atoms with Gasteiger partial charge in [0.25, 0.3) is 5.91 Å². The highest BCUT2D eigenvalue weighted by atomic mass is 32.1. The number of hydrogen-bond donors (Lipinski definition) is 1. The van der Waals surface area contributed by atoms with Crippen LogP contribution in [0.2, 0.25) is 0 Å². The maximum Gasteiger partial charge on any atom is 0.279 e. The van der Waals surface area contributed by atoms with Gasteiger partial charge >= 0.3 is 0 Å². The molecule has 2 heterocycles. The van der Waals surface area contributed by atoms with Gasteiger partial charge in [-0.25, -0.2) is 4.98 Å². The molecule has 0 unspecified atom stereocenters. The molecule has 124 valence electrons. The molecule has 0 bridgehead atoms. The summed E-state index contributed by atoms with van der Waals surface area (Å²) in [7, 11) is 3.12. The van der Waals surface area contributed by atoms with E-state index in [1.165, 1.54) is 11.3 Å². The Balaban J connectivity index is 1.81. The fraction of sp³-hybridized carbons (Fsp3) is 0.188. The zero-order chi connectivity index (χ0) is 17.1. The number of carbonyl (C=O) groups excluding carboxylic acids is 1. The molecule has 0 aliphatic rings. The first-order valence-corrected chi connectivity index (χ1v) is 7.85. The van der Waals surface area contributed by atoms with Crippen molar-refractivity contribution >= 4 is 22.4 Å². The molecule has 3 aromatic rings. The number of anilines is 1. The van der Waals surface area contributed by atoms with Crippen molar-refractivity contribution in [3.8, 4) is 22.8 Å². The maximum absolute atomic E-state index is 12.2. The second kappa shape index (κ2) is 6.71. The second-order valence-corrected chi connectivity index (χ2v) is 6.11. The van der Waals surface area contributed by atoms with Crippen LogP contribution in [0.25, 0.3) is 11.3 Å². The van der Waals surface area contributed by atoms with Crippen LogP contribution in [0.1, 0.15) is 15.4 Å². The van der Waals surface area contributed by atoms with Crippen molar-refractivity contribution in [2.75, 3.05) is 19.5 Å². The van der Waals surface area contributed by atoms with Crippen LogP contribution in [0, 0.1) is 6.92 Å². The van der Waals surface area contributed by atoms with Gasteiger partial charge in [-0.15, -0.1) is 11.3 Å². The number of rotatable bonds is 5. The highest BCUT2D eigenvalue weighted by Gasteiger charge is 2.16. The number of aromatic nitrogens is 2. The first-order chi connectivity index (χ1) is 11.6. The summed E-state index contributed by atoms with van der Waals surface area (Å²) in [6.45, 7) is 1.92. The predicted octanol–water partition coefficient (Wildman–Crippen LogP) is 3.38. The summed E-state index contributed by atoms with van der Waals surface area (Å²) in [5.41, 5.74) is 0.900. The van der Waals surface area contributed by atoms with Gasteiger partial charge < -0.3 is 14.0 Å². The third-order valence-electron chi connectivity index (χ3n) is 3.25. The number of aryl methyl sites for hydroxylation is 1. The van der Waals surface area contributed by atoms with Gasteiger partial charge in [0.15, 0.2) is 28.1 Å². The molecule has 8 heteroatoms. The predicted molar refractivity (Wildman–Crippen MR) is 89.8 cm³/mol. The number of amides is 1. The summed E-state index contributed by atoms with van der Waals surface area (Å²) in [6, 6.07) is 6.88. The molecule has 2 aromatic heterocycles. The topological polar surface area (TPSA) is 86.5 Å². The highest BCUT2D eigenvalue weighted by molar-refractivity contribution is 7.15. The first kappa shape index (κ1) is 16.0. The van der Waals surface area contributed by atoms with Gasteiger partial charge in [0.2, 0.25) is 0 Å². The minimum Gasteiger partial charge on any atom is -0.493 e. The number of carbonyl (C=O) groups is 1. The average Bonchev–Trinajstić information content (AvgIpc) is 3.23. The van der Waals surface area contributed by atoms with Gasteiger partial charge in [0.05, 0.1) is 14.2 Å². The smallest absolute Gasteiger partial charge is 0.279 e. The maximum atomic E-state index is 12.2. The molecule has 0 saturated heterocycles. The molecule has 0 aliphatic heterocycles. The lowest BCUT2D eigenvalue weighted by atomic mass is 10.1. The van der Waals surface area contributed by atoms with Crippen LogP contribution in [0.3, 0.4) is 0 Å². The highest BCUT2D eigenvalue weighted by Crippen LogP contribution is 2.32. The van der Waals surface area contributed by atoms with E-state index in [-0.39, 0.29) is 11.6 Å². The lowest BCUT2D eigenvalue weighted by Gasteiger charge is -2.07. The van der Waals surface area contributed by atoms with E-state index in [0.717, 1.165) is 10.4 Å². The Kier molecular flexibility index (Phi) is 4.48. The molecule has 0 aliphatic carbocycles. The van der Waals surface area contributed by atoms with Gasteiger partial charge in [-0.2, -0.15) is 0 Å². The largest absolute Gasteiger partial charge is 0.493 e. The van der Waals surface area contributed by atoms with Crippen LogP contribution in [0.4, 0.5) is 5.13 Å². The standard InChI is InChI=1S/C16H15N3O4S/c1-9-8-17-16(24-9)18-15(20)11-7-13(23-19-11)10-4-5-12(21-2)14(6-10)22-3/h4-8H,1-3H3,(H,17,18,20). The van der Waals surface area contributed by atoms with Crippen molar-refractivity contribution in [3.63, 3.8) is 0 Å². The van der Waals surface area contributed by atoms with Crippen molar-refractivity contribution in [1.82, 2.24) is 10.1 Å². The van der Waals surface area contributed by atoms with E-state index in [1.807, 2.05) is 6.92 Å². The zero-order valence-corrected chi connectivity index (χ0v) is 14.1. The van der Waals surface area contributed by atoms with E-state index in [4.69, 9.17) is 14.0 Å². The van der Waals surface area contributed by atoms with Crippen LogP contribution >= 0.6 is 11.3 Å². The fourth-order valence-electron chi connectivity index (χ4n) is 2.08. The van der Waals surface area contributed by atoms with E-state index in [2.05, 4.69) is 15.5 Å². The van der Waals surface area contributed by atoms with Crippen molar-refractivity contribution < 1.29 is 18.8 Å². The number of nitrogens with one attached hydrogen (secondary N) is 1. The molecule has 0 fully saturated rings. The van der Waals surface area contributed by atoms with Crippen LogP contribution < -0.4 is 14.8 Å². The van der Waals surface area contributed by atoms with Crippen LogP contribution in [-0.2, 0) is 0 Å². The second-order valence-electron chi connectivity index (χ2n) is 4.88. The Labute approximate surface area is 142 Å². The Morgan fingerprint density at radius 2 is 2.00 bits per heavy atom. The van der Waals surface area contributed by atoms with Crippen molar-refractivity contribution in [1.29, 1.82) is 0 Å². The summed E-state index contributed by atoms with van der Waals surface area (Å²) >= 11 is 1.39. The lowest BCUT2D eigenvalue weighted by molar-refractivity contribution is 0.101. The minimum absolute atomic E-state index is 0.174.